The molecule has 0 saturated carbocycles. The topological polar surface area (TPSA) is 47.6 Å². The van der Waals surface area contributed by atoms with Gasteiger partial charge in [0, 0.05) is 19.8 Å². The molecular weight excluding hydrogens is 230 g/mol. The van der Waals surface area contributed by atoms with Gasteiger partial charge in [-0.2, -0.15) is 0 Å². The quantitative estimate of drug-likeness (QED) is 0.821. The third-order valence-corrected chi connectivity index (χ3v) is 3.40. The van der Waals surface area contributed by atoms with Gasteiger partial charge in [0.05, 0.1) is 7.11 Å². The summed E-state index contributed by atoms with van der Waals surface area (Å²) in [6, 6.07) is 10.0. The number of hydrogen-bond acceptors (Lipinski definition) is 4. The first-order valence-corrected chi connectivity index (χ1v) is 6.22. The normalized spacial score (nSPS) is 18.3. The molecule has 0 unspecified atom stereocenters. The van der Waals surface area contributed by atoms with E-state index in [4.69, 9.17) is 9.47 Å². The predicted molar refractivity (Wildman–Crippen MR) is 68.1 cm³/mol. The van der Waals surface area contributed by atoms with E-state index in [1.165, 1.54) is 7.11 Å². The van der Waals surface area contributed by atoms with Crippen LogP contribution in [0, 0.1) is 0 Å². The Morgan fingerprint density at radius 3 is 2.61 bits per heavy atom. The first-order chi connectivity index (χ1) is 8.77. The van der Waals surface area contributed by atoms with Crippen molar-refractivity contribution in [2.24, 2.45) is 0 Å². The maximum atomic E-state index is 12.0. The standard InChI is InChI=1S/C14H19NO3/c1-17-13(16)14(7-9-18-10-8-14)15-11-12-5-3-2-4-6-12/h2-6,15H,7-11H2,1H3. The molecule has 1 N–H and O–H groups in total. The van der Waals surface area contributed by atoms with Gasteiger partial charge in [-0.05, 0) is 18.4 Å². The fourth-order valence-electron chi connectivity index (χ4n) is 2.24. The lowest BCUT2D eigenvalue weighted by atomic mass is 9.89. The van der Waals surface area contributed by atoms with Crippen molar-refractivity contribution >= 4 is 5.97 Å². The Morgan fingerprint density at radius 2 is 2.00 bits per heavy atom. The summed E-state index contributed by atoms with van der Waals surface area (Å²) in [5.74, 6) is -0.193. The second-order valence-electron chi connectivity index (χ2n) is 4.53. The van der Waals surface area contributed by atoms with Crippen LogP contribution in [0.1, 0.15) is 18.4 Å². The SMILES string of the molecule is COC(=O)C1(NCc2ccccc2)CCOCC1. The van der Waals surface area contributed by atoms with E-state index in [-0.39, 0.29) is 5.97 Å². The van der Waals surface area contributed by atoms with Crippen molar-refractivity contribution in [1.82, 2.24) is 5.32 Å². The summed E-state index contributed by atoms with van der Waals surface area (Å²) in [7, 11) is 1.43. The Bertz CT molecular complexity index is 385. The summed E-state index contributed by atoms with van der Waals surface area (Å²) >= 11 is 0. The summed E-state index contributed by atoms with van der Waals surface area (Å²) in [5, 5.41) is 3.35. The summed E-state index contributed by atoms with van der Waals surface area (Å²) in [5.41, 5.74) is 0.565. The highest BCUT2D eigenvalue weighted by atomic mass is 16.5. The van der Waals surface area contributed by atoms with Crippen LogP contribution in [0.3, 0.4) is 0 Å². The van der Waals surface area contributed by atoms with Crippen LogP contribution in [0.4, 0.5) is 0 Å². The lowest BCUT2D eigenvalue weighted by molar-refractivity contribution is -0.153. The molecule has 0 amide bonds. The lowest BCUT2D eigenvalue weighted by Crippen LogP contribution is -2.55. The van der Waals surface area contributed by atoms with E-state index in [9.17, 15) is 4.79 Å². The molecule has 98 valence electrons. The zero-order valence-corrected chi connectivity index (χ0v) is 10.6. The molecule has 2 rings (SSSR count). The fraction of sp³-hybridized carbons (Fsp3) is 0.500. The zero-order chi connectivity index (χ0) is 12.8. The van der Waals surface area contributed by atoms with Gasteiger partial charge in [0.2, 0.25) is 0 Å². The molecule has 1 fully saturated rings. The highest BCUT2D eigenvalue weighted by Crippen LogP contribution is 2.22. The molecule has 1 aromatic rings. The van der Waals surface area contributed by atoms with E-state index in [0.29, 0.717) is 32.6 Å². The second kappa shape index (κ2) is 5.98. The first kappa shape index (κ1) is 13.1. The van der Waals surface area contributed by atoms with Crippen LogP contribution in [-0.4, -0.2) is 31.8 Å². The van der Waals surface area contributed by atoms with Crippen LogP contribution in [0.25, 0.3) is 0 Å². The molecule has 0 radical (unpaired) electrons. The lowest BCUT2D eigenvalue weighted by Gasteiger charge is -2.35. The first-order valence-electron chi connectivity index (χ1n) is 6.22. The van der Waals surface area contributed by atoms with Crippen molar-refractivity contribution < 1.29 is 14.3 Å². The molecule has 1 heterocycles. The van der Waals surface area contributed by atoms with E-state index in [1.807, 2.05) is 30.3 Å². The largest absolute Gasteiger partial charge is 0.468 e. The molecule has 4 nitrogen and oxygen atoms in total. The molecule has 1 saturated heterocycles. The molecular formula is C14H19NO3. The molecule has 1 aromatic carbocycles. The molecule has 0 bridgehead atoms. The monoisotopic (exact) mass is 249 g/mol. The number of rotatable bonds is 4. The summed E-state index contributed by atoms with van der Waals surface area (Å²) in [4.78, 5) is 12.0. The molecule has 18 heavy (non-hydrogen) atoms. The Labute approximate surface area is 107 Å². The van der Waals surface area contributed by atoms with E-state index >= 15 is 0 Å². The minimum Gasteiger partial charge on any atom is -0.468 e. The number of nitrogens with one attached hydrogen (secondary N) is 1. The van der Waals surface area contributed by atoms with Gasteiger partial charge in [-0.1, -0.05) is 30.3 Å². The van der Waals surface area contributed by atoms with Crippen LogP contribution in [-0.2, 0) is 20.8 Å². The second-order valence-corrected chi connectivity index (χ2v) is 4.53. The smallest absolute Gasteiger partial charge is 0.326 e. The highest BCUT2D eigenvalue weighted by molar-refractivity contribution is 5.80. The number of carbonyl (C=O) groups excluding carboxylic acids is 1. The Balaban J connectivity index is 2.04. The van der Waals surface area contributed by atoms with Crippen molar-refractivity contribution in [2.45, 2.75) is 24.9 Å². The van der Waals surface area contributed by atoms with Gasteiger partial charge in [0.15, 0.2) is 0 Å². The number of benzene rings is 1. The fourth-order valence-corrected chi connectivity index (χ4v) is 2.24. The van der Waals surface area contributed by atoms with Crippen molar-refractivity contribution in [2.75, 3.05) is 20.3 Å². The van der Waals surface area contributed by atoms with Gasteiger partial charge in [0.25, 0.3) is 0 Å². The molecule has 1 aliphatic rings. The van der Waals surface area contributed by atoms with Crippen LogP contribution >= 0.6 is 0 Å². The van der Waals surface area contributed by atoms with Crippen LogP contribution in [0.2, 0.25) is 0 Å². The number of hydrogen-bond donors (Lipinski definition) is 1. The van der Waals surface area contributed by atoms with E-state index in [1.54, 1.807) is 0 Å². The number of methoxy groups -OCH3 is 1. The third-order valence-electron chi connectivity index (χ3n) is 3.40. The minimum absolute atomic E-state index is 0.193. The maximum absolute atomic E-state index is 12.0. The predicted octanol–water partition coefficient (Wildman–Crippen LogP) is 1.50. The number of esters is 1. The van der Waals surface area contributed by atoms with E-state index < -0.39 is 5.54 Å². The Kier molecular flexibility index (Phi) is 4.33. The summed E-state index contributed by atoms with van der Waals surface area (Å²) in [6.07, 6.45) is 1.32. The van der Waals surface area contributed by atoms with E-state index in [2.05, 4.69) is 5.32 Å². The zero-order valence-electron chi connectivity index (χ0n) is 10.6. The Hall–Kier alpha value is -1.39. The maximum Gasteiger partial charge on any atom is 0.326 e. The van der Waals surface area contributed by atoms with Gasteiger partial charge >= 0.3 is 5.97 Å². The summed E-state index contributed by atoms with van der Waals surface area (Å²) in [6.45, 7) is 1.85. The Morgan fingerprint density at radius 1 is 1.33 bits per heavy atom. The van der Waals surface area contributed by atoms with Crippen molar-refractivity contribution in [3.05, 3.63) is 35.9 Å². The van der Waals surface area contributed by atoms with Crippen molar-refractivity contribution in [1.29, 1.82) is 0 Å². The van der Waals surface area contributed by atoms with Gasteiger partial charge in [-0.25, -0.2) is 0 Å². The average Bonchev–Trinajstić information content (AvgIpc) is 2.46. The van der Waals surface area contributed by atoms with Crippen molar-refractivity contribution in [3.63, 3.8) is 0 Å². The number of carbonyl (C=O) groups is 1. The van der Waals surface area contributed by atoms with Crippen LogP contribution in [0.15, 0.2) is 30.3 Å². The molecule has 0 spiro atoms. The van der Waals surface area contributed by atoms with Gasteiger partial charge in [-0.3, -0.25) is 10.1 Å². The molecule has 0 aromatic heterocycles. The molecule has 0 aliphatic carbocycles. The summed E-state index contributed by atoms with van der Waals surface area (Å²) < 4.78 is 10.2. The van der Waals surface area contributed by atoms with Crippen LogP contribution < -0.4 is 5.32 Å². The van der Waals surface area contributed by atoms with Gasteiger partial charge in [-0.15, -0.1) is 0 Å². The van der Waals surface area contributed by atoms with Gasteiger partial charge < -0.3 is 9.47 Å². The average molecular weight is 249 g/mol. The minimum atomic E-state index is -0.594. The molecule has 0 atom stereocenters. The highest BCUT2D eigenvalue weighted by Gasteiger charge is 2.40. The van der Waals surface area contributed by atoms with E-state index in [0.717, 1.165) is 5.56 Å². The number of ether oxygens (including phenoxy) is 2. The molecule has 4 heteroatoms. The van der Waals surface area contributed by atoms with Crippen molar-refractivity contribution in [3.8, 4) is 0 Å². The van der Waals surface area contributed by atoms with Crippen LogP contribution in [0.5, 0.6) is 0 Å². The van der Waals surface area contributed by atoms with Gasteiger partial charge in [0.1, 0.15) is 5.54 Å². The molecule has 1 aliphatic heterocycles. The third kappa shape index (κ3) is 2.89.